The van der Waals surface area contributed by atoms with Crippen LogP contribution < -0.4 is 10.2 Å². The Morgan fingerprint density at radius 2 is 2.00 bits per heavy atom. The van der Waals surface area contributed by atoms with Gasteiger partial charge in [0.25, 0.3) is 0 Å². The van der Waals surface area contributed by atoms with E-state index in [4.69, 9.17) is 0 Å². The Labute approximate surface area is 130 Å². The van der Waals surface area contributed by atoms with E-state index in [1.165, 1.54) is 37.1 Å². The first-order valence-corrected chi connectivity index (χ1v) is 8.48. The molecule has 1 aromatic rings. The lowest BCUT2D eigenvalue weighted by Gasteiger charge is -2.28. The minimum Gasteiger partial charge on any atom is -0.368 e. The molecule has 0 spiro atoms. The maximum absolute atomic E-state index is 4.33. The lowest BCUT2D eigenvalue weighted by atomic mass is 10.1. The molecular formula is C18H31N3. The fourth-order valence-electron chi connectivity index (χ4n) is 2.61. The van der Waals surface area contributed by atoms with Crippen molar-refractivity contribution in [3.05, 3.63) is 24.0 Å². The molecule has 0 atom stereocenters. The molecule has 3 heteroatoms. The van der Waals surface area contributed by atoms with E-state index in [2.05, 4.69) is 49.0 Å². The minimum absolute atomic E-state index is 0.686. The fraction of sp³-hybridized carbons (Fsp3) is 0.722. The molecule has 1 heterocycles. The summed E-state index contributed by atoms with van der Waals surface area (Å²) in [5.74, 6) is 1.45. The topological polar surface area (TPSA) is 28.2 Å². The van der Waals surface area contributed by atoms with Gasteiger partial charge in [0, 0.05) is 42.8 Å². The largest absolute Gasteiger partial charge is 0.368 e. The van der Waals surface area contributed by atoms with E-state index < -0.39 is 0 Å². The van der Waals surface area contributed by atoms with Crippen LogP contribution in [-0.2, 0) is 6.54 Å². The van der Waals surface area contributed by atoms with Gasteiger partial charge in [0.2, 0.25) is 0 Å². The highest BCUT2D eigenvalue weighted by molar-refractivity contribution is 5.54. The third-order valence-electron chi connectivity index (χ3n) is 3.99. The van der Waals surface area contributed by atoms with E-state index in [-0.39, 0.29) is 0 Å². The van der Waals surface area contributed by atoms with Gasteiger partial charge in [0.1, 0.15) is 0 Å². The summed E-state index contributed by atoms with van der Waals surface area (Å²) in [7, 11) is 0. The summed E-state index contributed by atoms with van der Waals surface area (Å²) < 4.78 is 0. The molecule has 0 bridgehead atoms. The number of nitrogens with one attached hydrogen (secondary N) is 1. The SMILES string of the molecule is CC(C)CCN(c1ccncc1CNCC(C)C)C1CC1. The van der Waals surface area contributed by atoms with Gasteiger partial charge in [-0.1, -0.05) is 27.7 Å². The zero-order valence-electron chi connectivity index (χ0n) is 14.1. The molecule has 1 N–H and O–H groups in total. The van der Waals surface area contributed by atoms with Gasteiger partial charge in [-0.3, -0.25) is 4.98 Å². The van der Waals surface area contributed by atoms with Crippen LogP contribution >= 0.6 is 0 Å². The summed E-state index contributed by atoms with van der Waals surface area (Å²) >= 11 is 0. The van der Waals surface area contributed by atoms with E-state index in [1.807, 2.05) is 12.4 Å². The Hall–Kier alpha value is -1.09. The quantitative estimate of drug-likeness (QED) is 0.748. The number of rotatable bonds is 9. The van der Waals surface area contributed by atoms with Crippen LogP contribution in [-0.4, -0.2) is 24.1 Å². The number of hydrogen-bond acceptors (Lipinski definition) is 3. The molecule has 1 fully saturated rings. The van der Waals surface area contributed by atoms with Crippen LogP contribution in [0.2, 0.25) is 0 Å². The molecule has 3 nitrogen and oxygen atoms in total. The van der Waals surface area contributed by atoms with E-state index in [9.17, 15) is 0 Å². The predicted octanol–water partition coefficient (Wildman–Crippen LogP) is 3.84. The second kappa shape index (κ2) is 7.79. The fourth-order valence-corrected chi connectivity index (χ4v) is 2.61. The van der Waals surface area contributed by atoms with Crippen LogP contribution in [0.15, 0.2) is 18.5 Å². The number of pyridine rings is 1. The first-order valence-electron chi connectivity index (χ1n) is 8.48. The highest BCUT2D eigenvalue weighted by Gasteiger charge is 2.30. The van der Waals surface area contributed by atoms with Crippen molar-refractivity contribution in [1.29, 1.82) is 0 Å². The first-order chi connectivity index (χ1) is 10.1. The van der Waals surface area contributed by atoms with Gasteiger partial charge in [-0.2, -0.15) is 0 Å². The number of anilines is 1. The van der Waals surface area contributed by atoms with Crippen LogP contribution in [0.5, 0.6) is 0 Å². The molecular weight excluding hydrogens is 258 g/mol. The van der Waals surface area contributed by atoms with E-state index in [0.29, 0.717) is 5.92 Å². The lowest BCUT2D eigenvalue weighted by Crippen LogP contribution is -2.30. The minimum atomic E-state index is 0.686. The third kappa shape index (κ3) is 5.31. The normalized spacial score (nSPS) is 15.0. The van der Waals surface area contributed by atoms with Crippen molar-refractivity contribution < 1.29 is 0 Å². The molecule has 0 aromatic carbocycles. The summed E-state index contributed by atoms with van der Waals surface area (Å²) in [4.78, 5) is 6.95. The second-order valence-electron chi connectivity index (χ2n) is 7.14. The zero-order chi connectivity index (χ0) is 15.2. The standard InChI is InChI=1S/C18H31N3/c1-14(2)8-10-21(17-5-6-17)18-7-9-19-12-16(18)13-20-11-15(3)4/h7,9,12,14-15,17,20H,5-6,8,10-11,13H2,1-4H3. The predicted molar refractivity (Wildman–Crippen MR) is 90.6 cm³/mol. The molecule has 0 amide bonds. The number of nitrogens with zero attached hydrogens (tertiary/aromatic N) is 2. The number of aromatic nitrogens is 1. The highest BCUT2D eigenvalue weighted by atomic mass is 15.2. The van der Waals surface area contributed by atoms with E-state index >= 15 is 0 Å². The van der Waals surface area contributed by atoms with E-state index in [0.717, 1.165) is 25.0 Å². The molecule has 0 unspecified atom stereocenters. The Morgan fingerprint density at radius 3 is 2.62 bits per heavy atom. The molecule has 21 heavy (non-hydrogen) atoms. The summed E-state index contributed by atoms with van der Waals surface area (Å²) in [6.45, 7) is 12.3. The second-order valence-corrected chi connectivity index (χ2v) is 7.14. The van der Waals surface area contributed by atoms with Crippen LogP contribution in [0.3, 0.4) is 0 Å². The third-order valence-corrected chi connectivity index (χ3v) is 3.99. The highest BCUT2D eigenvalue weighted by Crippen LogP contribution is 2.33. The first kappa shape index (κ1) is 16.3. The Bertz CT molecular complexity index is 424. The van der Waals surface area contributed by atoms with Crippen molar-refractivity contribution in [2.75, 3.05) is 18.0 Å². The maximum atomic E-state index is 4.33. The van der Waals surface area contributed by atoms with Gasteiger partial charge >= 0.3 is 0 Å². The lowest BCUT2D eigenvalue weighted by molar-refractivity contribution is 0.548. The van der Waals surface area contributed by atoms with Gasteiger partial charge in [-0.25, -0.2) is 0 Å². The summed E-state index contributed by atoms with van der Waals surface area (Å²) in [6, 6.07) is 2.96. The van der Waals surface area contributed by atoms with Crippen LogP contribution in [0.4, 0.5) is 5.69 Å². The van der Waals surface area contributed by atoms with Gasteiger partial charge in [-0.05, 0) is 43.7 Å². The van der Waals surface area contributed by atoms with Crippen molar-refractivity contribution in [3.8, 4) is 0 Å². The molecule has 1 aromatic heterocycles. The monoisotopic (exact) mass is 289 g/mol. The van der Waals surface area contributed by atoms with Gasteiger partial charge < -0.3 is 10.2 Å². The average molecular weight is 289 g/mol. The average Bonchev–Trinajstić information content (AvgIpc) is 3.24. The summed E-state index contributed by atoms with van der Waals surface area (Å²) in [5.41, 5.74) is 2.73. The molecule has 0 saturated heterocycles. The number of hydrogen-bond donors (Lipinski definition) is 1. The maximum Gasteiger partial charge on any atom is 0.0445 e. The molecule has 1 aliphatic carbocycles. The Kier molecular flexibility index (Phi) is 6.04. The Balaban J connectivity index is 2.04. The van der Waals surface area contributed by atoms with Crippen molar-refractivity contribution in [2.24, 2.45) is 11.8 Å². The molecule has 1 aliphatic rings. The summed E-state index contributed by atoms with van der Waals surface area (Å²) in [6.07, 6.45) is 7.93. The molecule has 0 radical (unpaired) electrons. The van der Waals surface area contributed by atoms with Crippen molar-refractivity contribution in [3.63, 3.8) is 0 Å². The van der Waals surface area contributed by atoms with Crippen LogP contribution in [0, 0.1) is 11.8 Å². The molecule has 1 saturated carbocycles. The van der Waals surface area contributed by atoms with Gasteiger partial charge in [0.15, 0.2) is 0 Å². The smallest absolute Gasteiger partial charge is 0.0445 e. The Morgan fingerprint density at radius 1 is 1.24 bits per heavy atom. The molecule has 118 valence electrons. The van der Waals surface area contributed by atoms with Crippen molar-refractivity contribution >= 4 is 5.69 Å². The van der Waals surface area contributed by atoms with Crippen molar-refractivity contribution in [2.45, 2.75) is 59.5 Å². The van der Waals surface area contributed by atoms with E-state index in [1.54, 1.807) is 0 Å². The van der Waals surface area contributed by atoms with Crippen LogP contribution in [0.25, 0.3) is 0 Å². The van der Waals surface area contributed by atoms with Gasteiger partial charge in [0.05, 0.1) is 0 Å². The van der Waals surface area contributed by atoms with Gasteiger partial charge in [-0.15, -0.1) is 0 Å². The zero-order valence-corrected chi connectivity index (χ0v) is 14.1. The molecule has 0 aliphatic heterocycles. The van der Waals surface area contributed by atoms with Crippen molar-refractivity contribution in [1.82, 2.24) is 10.3 Å². The van der Waals surface area contributed by atoms with Crippen LogP contribution in [0.1, 0.15) is 52.5 Å². The molecule has 2 rings (SSSR count). The summed E-state index contributed by atoms with van der Waals surface area (Å²) in [5, 5.41) is 3.55.